The molecule has 0 heterocycles. The van der Waals surface area contributed by atoms with Crippen LogP contribution in [-0.2, 0) is 15.0 Å². The number of fused-ring (bicyclic) bond motifs is 3. The van der Waals surface area contributed by atoms with E-state index < -0.39 is 17.4 Å². The summed E-state index contributed by atoms with van der Waals surface area (Å²) in [6, 6.07) is 50.2. The molecule has 6 aromatic carbocycles. The molecule has 0 aliphatic heterocycles. The fourth-order valence-corrected chi connectivity index (χ4v) is 7.30. The second kappa shape index (κ2) is 14.8. The molecular weight excluding hydrogens is 636 g/mol. The molecule has 0 unspecified atom stereocenters. The molecule has 254 valence electrons. The minimum atomic E-state index is -0.843. The van der Waals surface area contributed by atoms with E-state index in [9.17, 15) is 19.8 Å². The number of ether oxygens (including phenoxy) is 2. The molecule has 0 fully saturated rings. The molecule has 1 aliphatic carbocycles. The maximum Gasteiger partial charge on any atom is 0.303 e. The Morgan fingerprint density at radius 2 is 0.863 bits per heavy atom. The number of carboxylic acid groups (broad SMARTS) is 2. The molecule has 0 amide bonds. The summed E-state index contributed by atoms with van der Waals surface area (Å²) in [6.07, 6.45) is 0.892. The zero-order valence-corrected chi connectivity index (χ0v) is 28.1. The van der Waals surface area contributed by atoms with E-state index in [1.54, 1.807) is 0 Å². The van der Waals surface area contributed by atoms with E-state index in [1.807, 2.05) is 48.5 Å². The minimum absolute atomic E-state index is 0.0401. The van der Waals surface area contributed by atoms with Crippen LogP contribution in [0.4, 0.5) is 0 Å². The molecule has 51 heavy (non-hydrogen) atoms. The zero-order valence-electron chi connectivity index (χ0n) is 28.1. The average molecular weight is 675 g/mol. The van der Waals surface area contributed by atoms with E-state index in [4.69, 9.17) is 9.47 Å². The zero-order chi connectivity index (χ0) is 35.2. The number of hydrogen-bond acceptors (Lipinski definition) is 4. The molecular formula is C45H38O6. The Morgan fingerprint density at radius 3 is 1.27 bits per heavy atom. The van der Waals surface area contributed by atoms with Crippen LogP contribution in [0.2, 0.25) is 0 Å². The first-order valence-corrected chi connectivity index (χ1v) is 17.3. The number of hydrogen-bond donors (Lipinski definition) is 2. The topological polar surface area (TPSA) is 93.1 Å². The van der Waals surface area contributed by atoms with Gasteiger partial charge in [-0.05, 0) is 81.6 Å². The van der Waals surface area contributed by atoms with E-state index in [0.29, 0.717) is 24.3 Å². The van der Waals surface area contributed by atoms with Gasteiger partial charge in [-0.15, -0.1) is 0 Å². The number of benzene rings is 6. The smallest absolute Gasteiger partial charge is 0.303 e. The summed E-state index contributed by atoms with van der Waals surface area (Å²) in [5.74, 6) is -0.297. The normalized spacial score (nSPS) is 12.5. The lowest BCUT2D eigenvalue weighted by molar-refractivity contribution is -0.138. The first-order chi connectivity index (χ1) is 25.0. The average Bonchev–Trinajstić information content (AvgIpc) is 3.47. The van der Waals surface area contributed by atoms with Gasteiger partial charge in [0.1, 0.15) is 11.5 Å². The molecule has 7 rings (SSSR count). The van der Waals surface area contributed by atoms with Gasteiger partial charge in [0, 0.05) is 24.0 Å². The minimum Gasteiger partial charge on any atom is -0.493 e. The van der Waals surface area contributed by atoms with Gasteiger partial charge in [-0.25, -0.2) is 0 Å². The fraction of sp³-hybridized carbons (Fsp3) is 0.156. The van der Waals surface area contributed by atoms with Crippen molar-refractivity contribution < 1.29 is 29.3 Å². The standard InChI is InChI=1S/C45H38O6/c46-43(47)21-11-27-50-41-25-23-33(29-37(41)31-13-3-1-4-14-31)45(39-19-9-7-17-35(39)36-18-8-10-20-40(36)45)34-24-26-42(51-28-12-22-44(48)49)38(30-34)32-15-5-2-6-16-32/h1-10,13-20,23-26,29-30H,11-12,21-22,27-28H2,(H,46,47)(H,48,49). The highest BCUT2D eigenvalue weighted by Crippen LogP contribution is 2.57. The summed E-state index contributed by atoms with van der Waals surface area (Å²) in [4.78, 5) is 22.4. The third kappa shape index (κ3) is 6.61. The maximum atomic E-state index is 11.2. The van der Waals surface area contributed by atoms with Crippen LogP contribution in [0.15, 0.2) is 146 Å². The Morgan fingerprint density at radius 1 is 0.471 bits per heavy atom. The van der Waals surface area contributed by atoms with E-state index in [0.717, 1.165) is 44.5 Å². The highest BCUT2D eigenvalue weighted by Gasteiger charge is 2.46. The lowest BCUT2D eigenvalue weighted by Crippen LogP contribution is -2.29. The van der Waals surface area contributed by atoms with Gasteiger partial charge in [-0.3, -0.25) is 9.59 Å². The van der Waals surface area contributed by atoms with Crippen molar-refractivity contribution in [3.8, 4) is 44.9 Å². The van der Waals surface area contributed by atoms with Crippen molar-refractivity contribution in [1.82, 2.24) is 0 Å². The van der Waals surface area contributed by atoms with Crippen molar-refractivity contribution in [3.63, 3.8) is 0 Å². The third-order valence-corrected chi connectivity index (χ3v) is 9.53. The van der Waals surface area contributed by atoms with Crippen molar-refractivity contribution in [2.45, 2.75) is 31.1 Å². The van der Waals surface area contributed by atoms with Gasteiger partial charge in [-0.2, -0.15) is 0 Å². The molecule has 0 bridgehead atoms. The van der Waals surface area contributed by atoms with E-state index in [1.165, 1.54) is 11.1 Å². The molecule has 0 spiro atoms. The van der Waals surface area contributed by atoms with Gasteiger partial charge < -0.3 is 19.7 Å². The molecule has 6 heteroatoms. The summed E-state index contributed by atoms with van der Waals surface area (Å²) in [5.41, 5.74) is 9.90. The molecule has 0 atom stereocenters. The number of carboxylic acids is 2. The summed E-state index contributed by atoms with van der Waals surface area (Å²) in [6.45, 7) is 0.577. The predicted molar refractivity (Wildman–Crippen MR) is 199 cm³/mol. The second-order valence-electron chi connectivity index (χ2n) is 12.7. The van der Waals surface area contributed by atoms with Crippen LogP contribution in [0.3, 0.4) is 0 Å². The fourth-order valence-electron chi connectivity index (χ4n) is 7.30. The first kappa shape index (κ1) is 33.4. The van der Waals surface area contributed by atoms with Gasteiger partial charge in [0.2, 0.25) is 0 Å². The Hall–Kier alpha value is -6.14. The van der Waals surface area contributed by atoms with Gasteiger partial charge >= 0.3 is 11.9 Å². The Kier molecular flexibility index (Phi) is 9.66. The van der Waals surface area contributed by atoms with E-state index in [-0.39, 0.29) is 26.1 Å². The summed E-state index contributed by atoms with van der Waals surface area (Å²) in [7, 11) is 0. The van der Waals surface area contributed by atoms with Crippen LogP contribution >= 0.6 is 0 Å². The highest BCUT2D eigenvalue weighted by molar-refractivity contribution is 5.88. The lowest BCUT2D eigenvalue weighted by Gasteiger charge is -2.35. The van der Waals surface area contributed by atoms with Crippen molar-refractivity contribution in [1.29, 1.82) is 0 Å². The molecule has 0 aromatic heterocycles. The summed E-state index contributed by atoms with van der Waals surface area (Å²) < 4.78 is 12.5. The molecule has 0 saturated carbocycles. The van der Waals surface area contributed by atoms with E-state index >= 15 is 0 Å². The van der Waals surface area contributed by atoms with Crippen LogP contribution in [0.1, 0.15) is 47.9 Å². The maximum absolute atomic E-state index is 11.2. The van der Waals surface area contributed by atoms with Crippen LogP contribution in [0, 0.1) is 0 Å². The van der Waals surface area contributed by atoms with Crippen molar-refractivity contribution in [2.75, 3.05) is 13.2 Å². The Labute approximate surface area is 297 Å². The molecule has 0 saturated heterocycles. The number of rotatable bonds is 14. The van der Waals surface area contributed by atoms with Gasteiger partial charge in [0.05, 0.1) is 18.6 Å². The molecule has 2 N–H and O–H groups in total. The van der Waals surface area contributed by atoms with Crippen LogP contribution in [-0.4, -0.2) is 35.4 Å². The quantitative estimate of drug-likeness (QED) is 0.112. The summed E-state index contributed by atoms with van der Waals surface area (Å²) >= 11 is 0. The molecule has 1 aliphatic rings. The van der Waals surface area contributed by atoms with Gasteiger partial charge in [-0.1, -0.05) is 121 Å². The van der Waals surface area contributed by atoms with E-state index in [2.05, 4.69) is 97.1 Å². The highest BCUT2D eigenvalue weighted by atomic mass is 16.5. The van der Waals surface area contributed by atoms with Gasteiger partial charge in [0.25, 0.3) is 0 Å². The number of aliphatic carboxylic acids is 2. The molecule has 0 radical (unpaired) electrons. The second-order valence-corrected chi connectivity index (χ2v) is 12.7. The Balaban J connectivity index is 1.45. The monoisotopic (exact) mass is 674 g/mol. The van der Waals surface area contributed by atoms with Crippen molar-refractivity contribution in [3.05, 3.63) is 168 Å². The van der Waals surface area contributed by atoms with Crippen LogP contribution in [0.5, 0.6) is 11.5 Å². The van der Waals surface area contributed by atoms with Crippen molar-refractivity contribution >= 4 is 11.9 Å². The lowest BCUT2D eigenvalue weighted by atomic mass is 9.67. The first-order valence-electron chi connectivity index (χ1n) is 17.3. The molecule has 6 nitrogen and oxygen atoms in total. The van der Waals surface area contributed by atoms with Crippen molar-refractivity contribution in [2.24, 2.45) is 0 Å². The van der Waals surface area contributed by atoms with Crippen LogP contribution in [0.25, 0.3) is 33.4 Å². The largest absolute Gasteiger partial charge is 0.493 e. The Bertz CT molecular complexity index is 2020. The third-order valence-electron chi connectivity index (χ3n) is 9.53. The van der Waals surface area contributed by atoms with Crippen LogP contribution < -0.4 is 9.47 Å². The summed E-state index contributed by atoms with van der Waals surface area (Å²) in [5, 5.41) is 18.4. The van der Waals surface area contributed by atoms with Gasteiger partial charge in [0.15, 0.2) is 0 Å². The predicted octanol–water partition coefficient (Wildman–Crippen LogP) is 9.87. The molecule has 6 aromatic rings. The SMILES string of the molecule is O=C(O)CCCOc1ccc(C2(c3ccc(OCCCC(=O)O)c(-c4ccccc4)c3)c3ccccc3-c3ccccc32)cc1-c1ccccc1. The number of carbonyl (C=O) groups is 2.